The number of carbonyl (C=O) groups is 1. The molecule has 1 aromatic carbocycles. The van der Waals surface area contributed by atoms with Gasteiger partial charge in [0.05, 0.1) is 10.9 Å². The van der Waals surface area contributed by atoms with E-state index in [4.69, 9.17) is 9.47 Å². The van der Waals surface area contributed by atoms with Crippen LogP contribution in [0.1, 0.15) is 11.1 Å². The van der Waals surface area contributed by atoms with Crippen molar-refractivity contribution in [3.8, 4) is 11.5 Å². The second-order valence-corrected chi connectivity index (χ2v) is 16.0. The number of anilines is 1. The number of amides is 2. The average Bonchev–Trinajstić information content (AvgIpc) is 3.28. The molecule has 2 amide bonds. The predicted octanol–water partition coefficient (Wildman–Crippen LogP) is 7.15. The minimum Gasteiger partial charge on any atom is -0.450 e. The number of halogens is 5. The first-order valence-corrected chi connectivity index (χ1v) is 16.3. The van der Waals surface area contributed by atoms with Crippen LogP contribution in [-0.2, 0) is 24.2 Å². The third-order valence-electron chi connectivity index (χ3n) is 5.92. The molecule has 4 aromatic rings. The van der Waals surface area contributed by atoms with Crippen LogP contribution in [0.5, 0.6) is 11.5 Å². The summed E-state index contributed by atoms with van der Waals surface area (Å²) in [6.45, 7) is 6.75. The highest BCUT2D eigenvalue weighted by molar-refractivity contribution is 6.76. The number of rotatable bonds is 10. The molecule has 41 heavy (non-hydrogen) atoms. The molecule has 8 nitrogen and oxygen atoms in total. The topological polar surface area (TPSA) is 90.3 Å². The number of aromatic nitrogens is 3. The molecule has 0 bridgehead atoms. The summed E-state index contributed by atoms with van der Waals surface area (Å²) < 4.78 is 83.9. The van der Waals surface area contributed by atoms with E-state index in [1.165, 1.54) is 10.8 Å². The Hall–Kier alpha value is -4.04. The molecule has 0 aliphatic rings. The number of ether oxygens (including phenoxy) is 2. The predicted molar refractivity (Wildman–Crippen MR) is 145 cm³/mol. The van der Waals surface area contributed by atoms with Gasteiger partial charge in [-0.05, 0) is 29.8 Å². The van der Waals surface area contributed by atoms with Crippen molar-refractivity contribution in [2.75, 3.05) is 11.9 Å². The Morgan fingerprint density at radius 2 is 1.73 bits per heavy atom. The maximum Gasteiger partial charge on any atom is 0.418 e. The quantitative estimate of drug-likeness (QED) is 0.116. The molecule has 4 rings (SSSR count). The van der Waals surface area contributed by atoms with Crippen molar-refractivity contribution in [1.29, 1.82) is 0 Å². The summed E-state index contributed by atoms with van der Waals surface area (Å²) in [4.78, 5) is 20.1. The number of fused-ring (bicyclic) bond motifs is 1. The molecular weight excluding hydrogens is 565 g/mol. The average molecular weight is 594 g/mol. The molecule has 0 saturated carbocycles. The van der Waals surface area contributed by atoms with Crippen molar-refractivity contribution in [2.24, 2.45) is 0 Å². The molecule has 0 radical (unpaired) electrons. The first-order chi connectivity index (χ1) is 19.3. The maximum atomic E-state index is 14.9. The lowest BCUT2D eigenvalue weighted by Crippen LogP contribution is -2.28. The minimum atomic E-state index is -4.81. The van der Waals surface area contributed by atoms with E-state index < -0.39 is 54.4 Å². The van der Waals surface area contributed by atoms with Gasteiger partial charge in [0.25, 0.3) is 0 Å². The van der Waals surface area contributed by atoms with E-state index in [9.17, 15) is 26.7 Å². The van der Waals surface area contributed by atoms with Gasteiger partial charge in [-0.25, -0.2) is 18.6 Å². The van der Waals surface area contributed by atoms with Gasteiger partial charge >= 0.3 is 12.2 Å². The Balaban J connectivity index is 1.55. The van der Waals surface area contributed by atoms with E-state index in [1.807, 2.05) is 0 Å². The lowest BCUT2D eigenvalue weighted by atomic mass is 10.2. The highest BCUT2D eigenvalue weighted by Gasteiger charge is 2.37. The molecule has 0 spiro atoms. The molecule has 3 heterocycles. The molecule has 2 N–H and O–H groups in total. The number of benzene rings is 1. The summed E-state index contributed by atoms with van der Waals surface area (Å²) >= 11 is 0. The highest BCUT2D eigenvalue weighted by atomic mass is 28.3. The second kappa shape index (κ2) is 12.2. The van der Waals surface area contributed by atoms with Gasteiger partial charge in [0, 0.05) is 63.8 Å². The highest BCUT2D eigenvalue weighted by Crippen LogP contribution is 2.42. The zero-order valence-electron chi connectivity index (χ0n) is 22.5. The van der Waals surface area contributed by atoms with Gasteiger partial charge in [-0.2, -0.15) is 13.2 Å². The van der Waals surface area contributed by atoms with Crippen LogP contribution in [0.25, 0.3) is 11.0 Å². The van der Waals surface area contributed by atoms with Crippen molar-refractivity contribution < 1.29 is 36.2 Å². The number of nitrogens with one attached hydrogen (secondary N) is 2. The summed E-state index contributed by atoms with van der Waals surface area (Å²) in [5.74, 6) is -3.85. The molecular formula is C27H28F5N5O3Si. The smallest absolute Gasteiger partial charge is 0.418 e. The SMILES string of the molecule is C[Si](C)(C)CCOCn1cc(C(F)(F)F)c2c(Oc3c(F)cc(NC(=O)NCc4ccncc4)cc3F)ccnc21. The number of hydrogen-bond acceptors (Lipinski definition) is 5. The minimum absolute atomic E-state index is 0.118. The van der Waals surface area contributed by atoms with Gasteiger partial charge < -0.3 is 24.7 Å². The molecule has 3 aromatic heterocycles. The molecule has 0 fully saturated rings. The standard InChI is InChI=1S/C27H28F5N5O3Si/c1-41(2,3)11-10-39-16-37-15-19(27(30,31)32)23-22(6-9-34-25(23)37)40-24-20(28)12-18(13-21(24)29)36-26(38)35-14-17-4-7-33-8-5-17/h4-9,12-13,15H,10-11,14,16H2,1-3H3,(H2,35,36,38). The fraction of sp³-hybridized carbons (Fsp3) is 0.296. The van der Waals surface area contributed by atoms with Crippen molar-refractivity contribution >= 4 is 30.8 Å². The summed E-state index contributed by atoms with van der Waals surface area (Å²) in [5.41, 5.74) is -0.677. The van der Waals surface area contributed by atoms with Gasteiger partial charge in [-0.15, -0.1) is 0 Å². The van der Waals surface area contributed by atoms with Crippen LogP contribution < -0.4 is 15.4 Å². The van der Waals surface area contributed by atoms with Crippen LogP contribution in [-0.4, -0.2) is 35.2 Å². The van der Waals surface area contributed by atoms with Crippen molar-refractivity contribution in [1.82, 2.24) is 19.9 Å². The normalized spacial score (nSPS) is 12.0. The third kappa shape index (κ3) is 7.79. The Kier molecular flexibility index (Phi) is 8.92. The van der Waals surface area contributed by atoms with Crippen molar-refractivity contribution in [3.63, 3.8) is 0 Å². The largest absolute Gasteiger partial charge is 0.450 e. The van der Waals surface area contributed by atoms with Gasteiger partial charge in [-0.1, -0.05) is 19.6 Å². The molecule has 0 atom stereocenters. The fourth-order valence-corrected chi connectivity index (χ4v) is 4.58. The zero-order valence-corrected chi connectivity index (χ0v) is 23.5. The number of urea groups is 1. The van der Waals surface area contributed by atoms with E-state index in [-0.39, 0.29) is 24.6 Å². The summed E-state index contributed by atoms with van der Waals surface area (Å²) in [6.07, 6.45) is 0.297. The van der Waals surface area contributed by atoms with Gasteiger partial charge in [-0.3, -0.25) is 4.98 Å². The van der Waals surface area contributed by atoms with Crippen LogP contribution in [0.15, 0.2) is 55.1 Å². The van der Waals surface area contributed by atoms with Gasteiger partial charge in [0.2, 0.25) is 0 Å². The van der Waals surface area contributed by atoms with Crippen LogP contribution >= 0.6 is 0 Å². The number of nitrogens with zero attached hydrogens (tertiary/aromatic N) is 3. The van der Waals surface area contributed by atoms with Crippen LogP contribution in [0.2, 0.25) is 25.7 Å². The van der Waals surface area contributed by atoms with E-state index >= 15 is 0 Å². The summed E-state index contributed by atoms with van der Waals surface area (Å²) in [7, 11) is -1.42. The Morgan fingerprint density at radius 3 is 2.37 bits per heavy atom. The molecule has 218 valence electrons. The fourth-order valence-electron chi connectivity index (χ4n) is 3.82. The number of pyridine rings is 2. The zero-order chi connectivity index (χ0) is 29.8. The first-order valence-electron chi connectivity index (χ1n) is 12.6. The second-order valence-electron chi connectivity index (χ2n) is 10.4. The summed E-state index contributed by atoms with van der Waals surface area (Å²) in [6, 6.07) is 6.13. The summed E-state index contributed by atoms with van der Waals surface area (Å²) in [5, 5.41) is 4.37. The van der Waals surface area contributed by atoms with E-state index in [0.717, 1.165) is 36.0 Å². The molecule has 0 unspecified atom stereocenters. The Labute approximate surface area is 233 Å². The maximum absolute atomic E-state index is 14.9. The number of carbonyl (C=O) groups excluding carboxylic acids is 1. The Morgan fingerprint density at radius 1 is 1.05 bits per heavy atom. The van der Waals surface area contributed by atoms with E-state index in [2.05, 4.69) is 40.2 Å². The lowest BCUT2D eigenvalue weighted by Gasteiger charge is -2.15. The van der Waals surface area contributed by atoms with E-state index in [0.29, 0.717) is 6.61 Å². The van der Waals surface area contributed by atoms with Crippen molar-refractivity contribution in [3.05, 3.63) is 77.9 Å². The lowest BCUT2D eigenvalue weighted by molar-refractivity contribution is -0.136. The van der Waals surface area contributed by atoms with Crippen molar-refractivity contribution in [2.45, 2.75) is 45.1 Å². The van der Waals surface area contributed by atoms with Gasteiger partial charge in [0.15, 0.2) is 17.4 Å². The number of alkyl halides is 3. The van der Waals surface area contributed by atoms with Gasteiger partial charge in [0.1, 0.15) is 18.1 Å². The number of hydrogen-bond donors (Lipinski definition) is 2. The molecule has 0 saturated heterocycles. The van der Waals surface area contributed by atoms with Crippen LogP contribution in [0.3, 0.4) is 0 Å². The van der Waals surface area contributed by atoms with E-state index in [1.54, 1.807) is 24.5 Å². The Bertz CT molecular complexity index is 1500. The first kappa shape index (κ1) is 29.9. The molecule has 0 aliphatic heterocycles. The monoisotopic (exact) mass is 593 g/mol. The van der Waals surface area contributed by atoms with Crippen LogP contribution in [0.4, 0.5) is 32.4 Å². The third-order valence-corrected chi connectivity index (χ3v) is 7.63. The van der Waals surface area contributed by atoms with Crippen LogP contribution in [0, 0.1) is 11.6 Å². The molecule has 14 heteroatoms. The molecule has 0 aliphatic carbocycles.